The van der Waals surface area contributed by atoms with E-state index in [-0.39, 0.29) is 18.0 Å². The fraction of sp³-hybridized carbons (Fsp3) is 0.412. The molecule has 8 heteroatoms. The molecule has 0 spiro atoms. The number of benzene rings is 1. The molecule has 0 unspecified atom stereocenters. The van der Waals surface area contributed by atoms with Crippen molar-refractivity contribution >= 4 is 16.9 Å². The maximum atomic E-state index is 12.3. The molecule has 1 amide bonds. The van der Waals surface area contributed by atoms with E-state index in [4.69, 9.17) is 0 Å². The van der Waals surface area contributed by atoms with E-state index in [1.807, 2.05) is 24.3 Å². The Morgan fingerprint density at radius 1 is 1.24 bits per heavy atom. The van der Waals surface area contributed by atoms with Gasteiger partial charge >= 0.3 is 5.69 Å². The van der Waals surface area contributed by atoms with E-state index in [0.717, 1.165) is 42.1 Å². The van der Waals surface area contributed by atoms with Crippen molar-refractivity contribution in [2.75, 3.05) is 0 Å². The van der Waals surface area contributed by atoms with Crippen LogP contribution in [-0.4, -0.2) is 29.8 Å². The van der Waals surface area contributed by atoms with Crippen LogP contribution in [0.25, 0.3) is 11.0 Å². The first-order valence-electron chi connectivity index (χ1n) is 8.47. The van der Waals surface area contributed by atoms with Crippen LogP contribution < -0.4 is 11.0 Å². The van der Waals surface area contributed by atoms with Crippen LogP contribution in [0, 0.1) is 0 Å². The van der Waals surface area contributed by atoms with Gasteiger partial charge < -0.3 is 9.88 Å². The average molecular weight is 340 g/mol. The minimum absolute atomic E-state index is 0.102. The zero-order valence-corrected chi connectivity index (χ0v) is 14.1. The lowest BCUT2D eigenvalue weighted by Gasteiger charge is -2.06. The van der Waals surface area contributed by atoms with Gasteiger partial charge in [-0.1, -0.05) is 12.1 Å². The van der Waals surface area contributed by atoms with Crippen LogP contribution in [0.2, 0.25) is 0 Å². The topological polar surface area (TPSA) is 86.7 Å². The number of aromatic nitrogens is 5. The minimum Gasteiger partial charge on any atom is -0.349 e. The van der Waals surface area contributed by atoms with Crippen molar-refractivity contribution < 1.29 is 4.79 Å². The molecule has 1 N–H and O–H groups in total. The summed E-state index contributed by atoms with van der Waals surface area (Å²) in [7, 11) is 1.74. The van der Waals surface area contributed by atoms with Crippen LogP contribution in [0.4, 0.5) is 0 Å². The van der Waals surface area contributed by atoms with Crippen molar-refractivity contribution in [3.63, 3.8) is 0 Å². The number of carbonyl (C=O) groups excluding carboxylic acids is 1. The lowest BCUT2D eigenvalue weighted by Crippen LogP contribution is -2.28. The van der Waals surface area contributed by atoms with E-state index in [9.17, 15) is 9.59 Å². The van der Waals surface area contributed by atoms with Gasteiger partial charge in [0.15, 0.2) is 5.82 Å². The molecule has 0 aliphatic carbocycles. The Kier molecular flexibility index (Phi) is 3.87. The summed E-state index contributed by atoms with van der Waals surface area (Å²) in [5.74, 6) is 1.69. The number of fused-ring (bicyclic) bond motifs is 2. The molecule has 0 fully saturated rings. The Hall–Kier alpha value is -2.90. The van der Waals surface area contributed by atoms with Crippen LogP contribution in [0.15, 0.2) is 29.1 Å². The third-order valence-electron chi connectivity index (χ3n) is 4.74. The van der Waals surface area contributed by atoms with Crippen LogP contribution in [0.5, 0.6) is 0 Å². The number of hydrogen-bond acceptors (Lipinski definition) is 4. The van der Waals surface area contributed by atoms with Gasteiger partial charge in [0, 0.05) is 33.0 Å². The highest BCUT2D eigenvalue weighted by Crippen LogP contribution is 2.14. The lowest BCUT2D eigenvalue weighted by molar-refractivity contribution is -0.121. The Balaban J connectivity index is 1.41. The number of imidazole rings is 1. The van der Waals surface area contributed by atoms with E-state index < -0.39 is 0 Å². The molecule has 1 aromatic carbocycles. The largest absolute Gasteiger partial charge is 0.349 e. The Morgan fingerprint density at radius 3 is 2.88 bits per heavy atom. The van der Waals surface area contributed by atoms with Crippen molar-refractivity contribution in [2.45, 2.75) is 38.9 Å². The zero-order valence-electron chi connectivity index (χ0n) is 14.1. The number of para-hydroxylation sites is 2. The van der Waals surface area contributed by atoms with Crippen molar-refractivity contribution in [3.8, 4) is 0 Å². The van der Waals surface area contributed by atoms with Gasteiger partial charge in [-0.3, -0.25) is 13.9 Å². The summed E-state index contributed by atoms with van der Waals surface area (Å²) >= 11 is 0. The van der Waals surface area contributed by atoms with Gasteiger partial charge in [-0.25, -0.2) is 4.79 Å². The number of aryl methyl sites for hydroxylation is 3. The van der Waals surface area contributed by atoms with Crippen molar-refractivity contribution in [2.24, 2.45) is 7.05 Å². The predicted molar refractivity (Wildman–Crippen MR) is 92.0 cm³/mol. The second kappa shape index (κ2) is 6.19. The standard InChI is InChI=1S/C17H20N6O2/c1-21-12-5-2-3-6-13(12)22(17(21)25)10-8-16(24)18-11-15-20-19-14-7-4-9-23(14)15/h2-3,5-6H,4,7-11H2,1H3,(H,18,24). The fourth-order valence-corrected chi connectivity index (χ4v) is 3.40. The van der Waals surface area contributed by atoms with Gasteiger partial charge in [0.1, 0.15) is 5.82 Å². The Morgan fingerprint density at radius 2 is 2.04 bits per heavy atom. The van der Waals surface area contributed by atoms with E-state index in [0.29, 0.717) is 13.1 Å². The molecule has 8 nitrogen and oxygen atoms in total. The first-order chi connectivity index (χ1) is 12.1. The van der Waals surface area contributed by atoms with Crippen molar-refractivity contribution in [3.05, 3.63) is 46.4 Å². The van der Waals surface area contributed by atoms with Gasteiger partial charge in [0.25, 0.3) is 0 Å². The normalized spacial score (nSPS) is 13.3. The SMILES string of the molecule is Cn1c(=O)n(CCC(=O)NCc2nnc3n2CCC3)c2ccccc21. The molecule has 130 valence electrons. The molecule has 0 saturated carbocycles. The molecule has 1 aliphatic heterocycles. The van der Waals surface area contributed by atoms with E-state index >= 15 is 0 Å². The highest BCUT2D eigenvalue weighted by Gasteiger charge is 2.17. The van der Waals surface area contributed by atoms with E-state index in [1.165, 1.54) is 0 Å². The molecule has 0 saturated heterocycles. The van der Waals surface area contributed by atoms with Crippen molar-refractivity contribution in [1.29, 1.82) is 0 Å². The van der Waals surface area contributed by atoms with Gasteiger partial charge in [-0.2, -0.15) is 0 Å². The number of rotatable bonds is 5. The fourth-order valence-electron chi connectivity index (χ4n) is 3.40. The van der Waals surface area contributed by atoms with Crippen LogP contribution in [0.1, 0.15) is 24.5 Å². The third-order valence-corrected chi connectivity index (χ3v) is 4.74. The highest BCUT2D eigenvalue weighted by atomic mass is 16.2. The van der Waals surface area contributed by atoms with Gasteiger partial charge in [-0.05, 0) is 18.6 Å². The molecular weight excluding hydrogens is 320 g/mol. The molecular formula is C17H20N6O2. The van der Waals surface area contributed by atoms with Gasteiger partial charge in [0.2, 0.25) is 5.91 Å². The minimum atomic E-state index is -0.107. The summed E-state index contributed by atoms with van der Waals surface area (Å²) in [5, 5.41) is 11.1. The van der Waals surface area contributed by atoms with Crippen LogP contribution in [-0.2, 0) is 37.9 Å². The smallest absolute Gasteiger partial charge is 0.328 e. The number of amides is 1. The number of hydrogen-bond donors (Lipinski definition) is 1. The number of nitrogens with zero attached hydrogens (tertiary/aromatic N) is 5. The molecule has 3 heterocycles. The Bertz CT molecular complexity index is 996. The second-order valence-electron chi connectivity index (χ2n) is 6.30. The zero-order chi connectivity index (χ0) is 17.4. The monoisotopic (exact) mass is 340 g/mol. The second-order valence-corrected chi connectivity index (χ2v) is 6.30. The molecule has 0 atom stereocenters. The number of nitrogens with one attached hydrogen (secondary N) is 1. The first-order valence-corrected chi connectivity index (χ1v) is 8.47. The predicted octanol–water partition coefficient (Wildman–Crippen LogP) is 0.584. The van der Waals surface area contributed by atoms with Crippen molar-refractivity contribution in [1.82, 2.24) is 29.2 Å². The molecule has 0 radical (unpaired) electrons. The molecule has 2 aromatic heterocycles. The van der Waals surface area contributed by atoms with Gasteiger partial charge in [0.05, 0.1) is 17.6 Å². The highest BCUT2D eigenvalue weighted by molar-refractivity contribution is 5.77. The molecule has 0 bridgehead atoms. The maximum Gasteiger partial charge on any atom is 0.328 e. The summed E-state index contributed by atoms with van der Waals surface area (Å²) in [4.78, 5) is 24.5. The average Bonchev–Trinajstić information content (AvgIpc) is 3.28. The summed E-state index contributed by atoms with van der Waals surface area (Å²) < 4.78 is 5.31. The van der Waals surface area contributed by atoms with Crippen LogP contribution in [0.3, 0.4) is 0 Å². The first kappa shape index (κ1) is 15.6. The van der Waals surface area contributed by atoms with E-state index in [2.05, 4.69) is 20.1 Å². The quantitative estimate of drug-likeness (QED) is 0.736. The van der Waals surface area contributed by atoms with Gasteiger partial charge in [-0.15, -0.1) is 10.2 Å². The third kappa shape index (κ3) is 2.73. The summed E-state index contributed by atoms with van der Waals surface area (Å²) in [6.45, 7) is 1.64. The summed E-state index contributed by atoms with van der Waals surface area (Å²) in [5.41, 5.74) is 1.61. The molecule has 1 aliphatic rings. The van der Waals surface area contributed by atoms with E-state index in [1.54, 1.807) is 16.2 Å². The summed E-state index contributed by atoms with van der Waals surface area (Å²) in [6.07, 6.45) is 2.27. The molecule has 25 heavy (non-hydrogen) atoms. The molecule has 4 rings (SSSR count). The summed E-state index contributed by atoms with van der Waals surface area (Å²) in [6, 6.07) is 7.59. The Labute approximate surface area is 144 Å². The maximum absolute atomic E-state index is 12.3. The lowest BCUT2D eigenvalue weighted by atomic mass is 10.3. The molecule has 3 aromatic rings. The number of carbonyl (C=O) groups is 1. The van der Waals surface area contributed by atoms with Crippen LogP contribution >= 0.6 is 0 Å².